The number of carbonyl (C=O) groups excluding carboxylic acids is 1. The van der Waals surface area contributed by atoms with Gasteiger partial charge in [-0.3, -0.25) is 10.2 Å². The zero-order valence-corrected chi connectivity index (χ0v) is 4.55. The fraction of sp³-hybridized carbons (Fsp3) is 0.800. The number of nitrogens with zero attached hydrogens (tertiary/aromatic N) is 1. The predicted octanol–water partition coefficient (Wildman–Crippen LogP) is -0.852. The quantitative estimate of drug-likeness (QED) is 0.443. The number of Topliss-reactive ketones (excluding diaryl/α,β-unsaturated/α-hetero) is 1. The fourth-order valence-corrected chi connectivity index (χ4v) is 1.27. The van der Waals surface area contributed by atoms with E-state index in [1.54, 1.807) is 0 Å². The van der Waals surface area contributed by atoms with Crippen molar-refractivity contribution in [1.29, 1.82) is 0 Å². The molecule has 0 radical (unpaired) electrons. The lowest BCUT2D eigenvalue weighted by atomic mass is 10.0. The first-order chi connectivity index (χ1) is 3.88. The van der Waals surface area contributed by atoms with Crippen LogP contribution in [0.1, 0.15) is 6.42 Å². The van der Waals surface area contributed by atoms with Crippen molar-refractivity contribution in [2.24, 2.45) is 0 Å². The summed E-state index contributed by atoms with van der Waals surface area (Å²) in [6.45, 7) is 1.61. The molecule has 2 rings (SSSR count). The van der Waals surface area contributed by atoms with Crippen molar-refractivity contribution in [3.05, 3.63) is 0 Å². The maximum Gasteiger partial charge on any atom is 0.166 e. The summed E-state index contributed by atoms with van der Waals surface area (Å²) < 4.78 is 0. The molecule has 0 aromatic heterocycles. The Hall–Kier alpha value is -0.410. The van der Waals surface area contributed by atoms with Crippen LogP contribution >= 0.6 is 0 Å². The molecule has 3 heteroatoms. The number of fused-ring (bicyclic) bond motifs is 1. The van der Waals surface area contributed by atoms with E-state index < -0.39 is 0 Å². The van der Waals surface area contributed by atoms with Gasteiger partial charge in [0, 0.05) is 6.54 Å². The third-order valence-corrected chi connectivity index (χ3v) is 1.81. The molecule has 2 aliphatic rings. The molecule has 0 bridgehead atoms. The van der Waals surface area contributed by atoms with Crippen LogP contribution in [0.4, 0.5) is 0 Å². The lowest BCUT2D eigenvalue weighted by Gasteiger charge is -2.31. The maximum atomic E-state index is 10.6. The molecule has 2 aliphatic heterocycles. The Morgan fingerprint density at radius 1 is 1.75 bits per heavy atom. The number of ketones is 1. The van der Waals surface area contributed by atoms with Crippen LogP contribution in [0.15, 0.2) is 0 Å². The summed E-state index contributed by atoms with van der Waals surface area (Å²) in [6.07, 6.45) is 1.01. The molecule has 0 aromatic carbocycles. The van der Waals surface area contributed by atoms with Crippen LogP contribution in [0.5, 0.6) is 0 Å². The third kappa shape index (κ3) is 0.381. The first kappa shape index (κ1) is 4.47. The van der Waals surface area contributed by atoms with Crippen molar-refractivity contribution >= 4 is 5.78 Å². The molecule has 0 aliphatic carbocycles. The SMILES string of the molecule is O=C1CN2NCCC12. The Labute approximate surface area is 47.6 Å². The van der Waals surface area contributed by atoms with Gasteiger partial charge in [-0.15, -0.1) is 0 Å². The van der Waals surface area contributed by atoms with E-state index in [-0.39, 0.29) is 6.04 Å². The zero-order chi connectivity index (χ0) is 5.56. The van der Waals surface area contributed by atoms with E-state index in [0.717, 1.165) is 13.0 Å². The highest BCUT2D eigenvalue weighted by atomic mass is 16.1. The van der Waals surface area contributed by atoms with Crippen LogP contribution in [0.2, 0.25) is 0 Å². The van der Waals surface area contributed by atoms with Crippen molar-refractivity contribution < 1.29 is 4.79 Å². The summed E-state index contributed by atoms with van der Waals surface area (Å²) >= 11 is 0. The van der Waals surface area contributed by atoms with Gasteiger partial charge in [-0.2, -0.15) is 0 Å². The summed E-state index contributed by atoms with van der Waals surface area (Å²) in [5.41, 5.74) is 3.10. The van der Waals surface area contributed by atoms with Crippen molar-refractivity contribution in [2.75, 3.05) is 13.1 Å². The molecule has 2 saturated heterocycles. The molecule has 0 amide bonds. The minimum atomic E-state index is 0.245. The van der Waals surface area contributed by atoms with Gasteiger partial charge in [-0.1, -0.05) is 0 Å². The van der Waals surface area contributed by atoms with E-state index in [9.17, 15) is 4.79 Å². The molecule has 0 spiro atoms. The lowest BCUT2D eigenvalue weighted by molar-refractivity contribution is -0.135. The summed E-state index contributed by atoms with van der Waals surface area (Å²) in [5.74, 6) is 0.398. The number of carbonyl (C=O) groups is 1. The van der Waals surface area contributed by atoms with Gasteiger partial charge in [0.05, 0.1) is 12.6 Å². The van der Waals surface area contributed by atoms with Gasteiger partial charge in [0.15, 0.2) is 5.78 Å². The molecule has 0 aromatic rings. The monoisotopic (exact) mass is 112 g/mol. The van der Waals surface area contributed by atoms with Crippen molar-refractivity contribution in [3.63, 3.8) is 0 Å². The molecule has 3 nitrogen and oxygen atoms in total. The van der Waals surface area contributed by atoms with Gasteiger partial charge < -0.3 is 0 Å². The first-order valence-corrected chi connectivity index (χ1v) is 2.91. The van der Waals surface area contributed by atoms with Gasteiger partial charge >= 0.3 is 0 Å². The third-order valence-electron chi connectivity index (χ3n) is 1.81. The van der Waals surface area contributed by atoms with Crippen molar-refractivity contribution in [1.82, 2.24) is 10.4 Å². The van der Waals surface area contributed by atoms with Gasteiger partial charge in [-0.25, -0.2) is 5.01 Å². The minimum absolute atomic E-state index is 0.245. The summed E-state index contributed by atoms with van der Waals surface area (Å²) in [4.78, 5) is 10.6. The summed E-state index contributed by atoms with van der Waals surface area (Å²) in [7, 11) is 0. The van der Waals surface area contributed by atoms with Crippen molar-refractivity contribution in [3.8, 4) is 0 Å². The molecule has 44 valence electrons. The molecule has 1 N–H and O–H groups in total. The van der Waals surface area contributed by atoms with E-state index >= 15 is 0 Å². The van der Waals surface area contributed by atoms with Crippen LogP contribution in [-0.2, 0) is 4.79 Å². The van der Waals surface area contributed by atoms with E-state index in [1.165, 1.54) is 0 Å². The second-order valence-electron chi connectivity index (χ2n) is 2.31. The molecule has 2 heterocycles. The van der Waals surface area contributed by atoms with E-state index in [4.69, 9.17) is 0 Å². The second-order valence-corrected chi connectivity index (χ2v) is 2.31. The summed E-state index contributed by atoms with van der Waals surface area (Å²) in [5, 5.41) is 2.00. The highest BCUT2D eigenvalue weighted by molar-refractivity contribution is 5.91. The number of hydrazine groups is 1. The largest absolute Gasteiger partial charge is 0.296 e. The minimum Gasteiger partial charge on any atom is -0.296 e. The van der Waals surface area contributed by atoms with Crippen molar-refractivity contribution in [2.45, 2.75) is 12.5 Å². The molecular formula is C5H8N2O. The zero-order valence-electron chi connectivity index (χ0n) is 4.55. The number of hydrogen-bond acceptors (Lipinski definition) is 3. The molecule has 0 saturated carbocycles. The maximum absolute atomic E-state index is 10.6. The van der Waals surface area contributed by atoms with Gasteiger partial charge in [-0.05, 0) is 6.42 Å². The highest BCUT2D eigenvalue weighted by Crippen LogP contribution is 2.17. The molecule has 8 heavy (non-hydrogen) atoms. The van der Waals surface area contributed by atoms with Crippen LogP contribution in [0, 0.1) is 0 Å². The predicted molar refractivity (Wildman–Crippen MR) is 28.1 cm³/mol. The second kappa shape index (κ2) is 1.30. The first-order valence-electron chi connectivity index (χ1n) is 2.91. The molecular weight excluding hydrogens is 104 g/mol. The Balaban J connectivity index is 2.11. The average molecular weight is 112 g/mol. The average Bonchev–Trinajstić information content (AvgIpc) is 2.09. The number of nitrogens with one attached hydrogen (secondary N) is 1. The Kier molecular flexibility index (Phi) is 0.725. The fourth-order valence-electron chi connectivity index (χ4n) is 1.27. The topological polar surface area (TPSA) is 32.3 Å². The smallest absolute Gasteiger partial charge is 0.166 e. The van der Waals surface area contributed by atoms with E-state index in [0.29, 0.717) is 12.3 Å². The van der Waals surface area contributed by atoms with Gasteiger partial charge in [0.25, 0.3) is 0 Å². The molecule has 2 fully saturated rings. The Morgan fingerprint density at radius 2 is 2.62 bits per heavy atom. The lowest BCUT2D eigenvalue weighted by Crippen LogP contribution is -2.56. The van der Waals surface area contributed by atoms with Crippen LogP contribution in [-0.4, -0.2) is 29.9 Å². The standard InChI is InChI=1S/C5H8N2O/c8-5-3-7-4(5)1-2-6-7/h4,6H,1-3H2. The van der Waals surface area contributed by atoms with Crippen LogP contribution in [0.3, 0.4) is 0 Å². The Bertz CT molecular complexity index is 134. The summed E-state index contributed by atoms with van der Waals surface area (Å²) in [6, 6.07) is 0.245. The molecule has 1 unspecified atom stereocenters. The highest BCUT2D eigenvalue weighted by Gasteiger charge is 2.40. The number of rotatable bonds is 0. The van der Waals surface area contributed by atoms with Crippen LogP contribution in [0.25, 0.3) is 0 Å². The Morgan fingerprint density at radius 3 is 3.12 bits per heavy atom. The normalized spacial score (nSPS) is 37.0. The van der Waals surface area contributed by atoms with E-state index in [2.05, 4.69) is 5.43 Å². The van der Waals surface area contributed by atoms with E-state index in [1.807, 2.05) is 5.01 Å². The van der Waals surface area contributed by atoms with Gasteiger partial charge in [0.2, 0.25) is 0 Å². The molecule has 1 atom stereocenters. The van der Waals surface area contributed by atoms with Crippen LogP contribution < -0.4 is 5.43 Å². The van der Waals surface area contributed by atoms with Gasteiger partial charge in [0.1, 0.15) is 0 Å². The number of hydrogen-bond donors (Lipinski definition) is 1.